The quantitative estimate of drug-likeness (QED) is 0.713. The third kappa shape index (κ3) is 3.34. The second kappa shape index (κ2) is 5.21. The maximum atomic E-state index is 8.61. The molecule has 13 heavy (non-hydrogen) atoms. The van der Waals surface area contributed by atoms with Gasteiger partial charge in [0.1, 0.15) is 0 Å². The lowest BCUT2D eigenvalue weighted by atomic mass is 10.2. The van der Waals surface area contributed by atoms with Crippen LogP contribution >= 0.6 is 11.8 Å². The Hall–Kier alpha value is -0.580. The summed E-state index contributed by atoms with van der Waals surface area (Å²) in [4.78, 5) is 5.27. The van der Waals surface area contributed by atoms with Gasteiger partial charge >= 0.3 is 0 Å². The predicted molar refractivity (Wildman–Crippen MR) is 54.6 cm³/mol. The van der Waals surface area contributed by atoms with Gasteiger partial charge in [0.2, 0.25) is 0 Å². The summed E-state index contributed by atoms with van der Waals surface area (Å²) in [6.07, 6.45) is 1.79. The van der Waals surface area contributed by atoms with E-state index in [0.717, 1.165) is 10.6 Å². The third-order valence-corrected chi connectivity index (χ3v) is 2.55. The number of hydrogen-bond donors (Lipinski definition) is 2. The minimum atomic E-state index is -0.0168. The van der Waals surface area contributed by atoms with Crippen molar-refractivity contribution in [1.29, 1.82) is 0 Å². The predicted octanol–water partition coefficient (Wildman–Crippen LogP) is 1.19. The van der Waals surface area contributed by atoms with Gasteiger partial charge in [-0.05, 0) is 19.1 Å². The van der Waals surface area contributed by atoms with Crippen LogP contribution in [0.25, 0.3) is 0 Å². The molecule has 0 spiro atoms. The Balaban J connectivity index is 2.59. The smallest absolute Gasteiger partial charge is 0.0569 e. The topological polar surface area (TPSA) is 59.1 Å². The Bertz CT molecular complexity index is 248. The van der Waals surface area contributed by atoms with Crippen molar-refractivity contribution in [2.24, 2.45) is 5.73 Å². The molecule has 3 N–H and O–H groups in total. The standard InChI is InChI=1S/C9H14N2OS/c1-7(10)9-3-2-8(6-11-9)13-5-4-12/h2-3,6-7,12H,4-5,10H2,1H3/t7-/m1/s1. The first-order chi connectivity index (χ1) is 6.24. The van der Waals surface area contributed by atoms with E-state index in [9.17, 15) is 0 Å². The summed E-state index contributed by atoms with van der Waals surface area (Å²) in [5, 5.41) is 8.61. The average molecular weight is 198 g/mol. The zero-order valence-corrected chi connectivity index (χ0v) is 8.42. The fourth-order valence-corrected chi connectivity index (χ4v) is 1.53. The van der Waals surface area contributed by atoms with Crippen molar-refractivity contribution in [2.75, 3.05) is 12.4 Å². The third-order valence-electron chi connectivity index (χ3n) is 1.59. The molecule has 0 aliphatic heterocycles. The number of pyridine rings is 1. The molecule has 1 atom stereocenters. The van der Waals surface area contributed by atoms with E-state index in [2.05, 4.69) is 4.98 Å². The Morgan fingerprint density at radius 2 is 2.38 bits per heavy atom. The van der Waals surface area contributed by atoms with Crippen LogP contribution in [0.3, 0.4) is 0 Å². The van der Waals surface area contributed by atoms with Crippen LogP contribution in [0.1, 0.15) is 18.7 Å². The number of aliphatic hydroxyl groups excluding tert-OH is 1. The summed E-state index contributed by atoms with van der Waals surface area (Å²) in [6.45, 7) is 2.10. The molecule has 0 aromatic carbocycles. The van der Waals surface area contributed by atoms with Crippen LogP contribution in [0.5, 0.6) is 0 Å². The molecule has 1 aromatic rings. The minimum Gasteiger partial charge on any atom is -0.396 e. The molecule has 0 fully saturated rings. The Kier molecular flexibility index (Phi) is 4.21. The summed E-state index contributed by atoms with van der Waals surface area (Å²) in [5.74, 6) is 0.708. The van der Waals surface area contributed by atoms with Crippen molar-refractivity contribution in [2.45, 2.75) is 17.9 Å². The molecule has 0 aliphatic rings. The lowest BCUT2D eigenvalue weighted by Gasteiger charge is -2.04. The average Bonchev–Trinajstić information content (AvgIpc) is 2.15. The molecule has 3 nitrogen and oxygen atoms in total. The van der Waals surface area contributed by atoms with Crippen LogP contribution in [0, 0.1) is 0 Å². The maximum absolute atomic E-state index is 8.61. The number of rotatable bonds is 4. The van der Waals surface area contributed by atoms with Crippen LogP contribution in [0.15, 0.2) is 23.2 Å². The van der Waals surface area contributed by atoms with Crippen molar-refractivity contribution in [3.05, 3.63) is 24.0 Å². The minimum absolute atomic E-state index is 0.0168. The first-order valence-corrected chi connectivity index (χ1v) is 5.18. The molecule has 72 valence electrons. The zero-order valence-electron chi connectivity index (χ0n) is 7.60. The van der Waals surface area contributed by atoms with Gasteiger partial charge in [-0.1, -0.05) is 0 Å². The number of nitrogens with two attached hydrogens (primary N) is 1. The largest absolute Gasteiger partial charge is 0.396 e. The van der Waals surface area contributed by atoms with E-state index >= 15 is 0 Å². The lowest BCUT2D eigenvalue weighted by Crippen LogP contribution is -2.06. The fourth-order valence-electron chi connectivity index (χ4n) is 0.910. The number of aromatic nitrogens is 1. The highest BCUT2D eigenvalue weighted by Gasteiger charge is 2.00. The molecule has 1 heterocycles. The fraction of sp³-hybridized carbons (Fsp3) is 0.444. The van der Waals surface area contributed by atoms with Gasteiger partial charge < -0.3 is 10.8 Å². The van der Waals surface area contributed by atoms with E-state index in [1.807, 2.05) is 19.1 Å². The van der Waals surface area contributed by atoms with Gasteiger partial charge in [0, 0.05) is 22.9 Å². The zero-order chi connectivity index (χ0) is 9.68. The molecule has 0 saturated heterocycles. The summed E-state index contributed by atoms with van der Waals surface area (Å²) in [6, 6.07) is 3.88. The summed E-state index contributed by atoms with van der Waals surface area (Å²) < 4.78 is 0. The van der Waals surface area contributed by atoms with Gasteiger partial charge in [-0.15, -0.1) is 11.8 Å². The molecular formula is C9H14N2OS. The second-order valence-electron chi connectivity index (χ2n) is 2.78. The van der Waals surface area contributed by atoms with E-state index in [0.29, 0.717) is 5.75 Å². The van der Waals surface area contributed by atoms with Gasteiger partial charge in [-0.3, -0.25) is 4.98 Å². The first-order valence-electron chi connectivity index (χ1n) is 4.19. The van der Waals surface area contributed by atoms with E-state index in [4.69, 9.17) is 10.8 Å². The van der Waals surface area contributed by atoms with E-state index in [1.165, 1.54) is 0 Å². The number of aliphatic hydroxyl groups is 1. The molecule has 0 bridgehead atoms. The van der Waals surface area contributed by atoms with E-state index in [1.54, 1.807) is 18.0 Å². The molecule has 1 rings (SSSR count). The maximum Gasteiger partial charge on any atom is 0.0569 e. The van der Waals surface area contributed by atoms with Gasteiger partial charge in [0.05, 0.1) is 12.3 Å². The number of hydrogen-bond acceptors (Lipinski definition) is 4. The summed E-state index contributed by atoms with van der Waals surface area (Å²) in [7, 11) is 0. The van der Waals surface area contributed by atoms with Gasteiger partial charge in [0.25, 0.3) is 0 Å². The monoisotopic (exact) mass is 198 g/mol. The van der Waals surface area contributed by atoms with Gasteiger partial charge in [-0.2, -0.15) is 0 Å². The molecule has 0 radical (unpaired) electrons. The van der Waals surface area contributed by atoms with Gasteiger partial charge in [0.15, 0.2) is 0 Å². The van der Waals surface area contributed by atoms with E-state index < -0.39 is 0 Å². The number of thioether (sulfide) groups is 1. The van der Waals surface area contributed by atoms with Gasteiger partial charge in [-0.25, -0.2) is 0 Å². The molecule has 0 amide bonds. The van der Waals surface area contributed by atoms with Crippen molar-refractivity contribution in [3.8, 4) is 0 Å². The second-order valence-corrected chi connectivity index (χ2v) is 3.95. The van der Waals surface area contributed by atoms with Crippen LogP contribution in [0.4, 0.5) is 0 Å². The van der Waals surface area contributed by atoms with Crippen molar-refractivity contribution in [1.82, 2.24) is 4.98 Å². The molecular weight excluding hydrogens is 184 g/mol. The summed E-state index contributed by atoms with van der Waals surface area (Å²) in [5.41, 5.74) is 6.55. The van der Waals surface area contributed by atoms with Crippen LogP contribution in [-0.2, 0) is 0 Å². The molecule has 0 aliphatic carbocycles. The lowest BCUT2D eigenvalue weighted by molar-refractivity contribution is 0.322. The van der Waals surface area contributed by atoms with Crippen molar-refractivity contribution < 1.29 is 5.11 Å². The SMILES string of the molecule is C[C@@H](N)c1ccc(SCCO)cn1. The highest BCUT2D eigenvalue weighted by Crippen LogP contribution is 2.17. The summed E-state index contributed by atoms with van der Waals surface area (Å²) >= 11 is 1.59. The van der Waals surface area contributed by atoms with Crippen molar-refractivity contribution >= 4 is 11.8 Å². The van der Waals surface area contributed by atoms with Crippen molar-refractivity contribution in [3.63, 3.8) is 0 Å². The van der Waals surface area contributed by atoms with Crippen LogP contribution in [0.2, 0.25) is 0 Å². The highest BCUT2D eigenvalue weighted by molar-refractivity contribution is 7.99. The molecule has 0 saturated carbocycles. The van der Waals surface area contributed by atoms with E-state index in [-0.39, 0.29) is 12.6 Å². The normalized spacial score (nSPS) is 12.8. The first kappa shape index (κ1) is 10.5. The highest BCUT2D eigenvalue weighted by atomic mass is 32.2. The Morgan fingerprint density at radius 1 is 1.62 bits per heavy atom. The molecule has 0 unspecified atom stereocenters. The molecule has 1 aromatic heterocycles. The Morgan fingerprint density at radius 3 is 2.85 bits per heavy atom. The Labute approximate surface area is 82.4 Å². The number of nitrogens with zero attached hydrogens (tertiary/aromatic N) is 1. The van der Waals surface area contributed by atoms with Crippen LogP contribution < -0.4 is 5.73 Å². The molecule has 4 heteroatoms. The van der Waals surface area contributed by atoms with Crippen LogP contribution in [-0.4, -0.2) is 22.5 Å².